The maximum absolute atomic E-state index is 12.0. The molecule has 0 radical (unpaired) electrons. The number of hydrogen-bond acceptors (Lipinski definition) is 3. The fourth-order valence-corrected chi connectivity index (χ4v) is 3.76. The van der Waals surface area contributed by atoms with Crippen molar-refractivity contribution >= 4 is 15.9 Å². The molecule has 1 unspecified atom stereocenters. The number of urea groups is 1. The Morgan fingerprint density at radius 1 is 1.39 bits per heavy atom. The predicted octanol–water partition coefficient (Wildman–Crippen LogP) is 1.25. The van der Waals surface area contributed by atoms with Crippen LogP contribution in [-0.4, -0.2) is 50.0 Å². The Bertz CT molecular complexity index is 398. The van der Waals surface area contributed by atoms with E-state index in [4.69, 9.17) is 0 Å². The highest BCUT2D eigenvalue weighted by Gasteiger charge is 2.34. The van der Waals surface area contributed by atoms with Crippen LogP contribution in [0.5, 0.6) is 0 Å². The van der Waals surface area contributed by atoms with Crippen LogP contribution in [0.1, 0.15) is 34.1 Å². The summed E-state index contributed by atoms with van der Waals surface area (Å²) in [4.78, 5) is 13.7. The normalized spacial score (nSPS) is 22.8. The van der Waals surface area contributed by atoms with Gasteiger partial charge in [-0.05, 0) is 18.8 Å². The molecule has 0 bridgehead atoms. The van der Waals surface area contributed by atoms with Crippen molar-refractivity contribution in [2.24, 2.45) is 5.41 Å². The first kappa shape index (κ1) is 15.3. The molecule has 2 amide bonds. The van der Waals surface area contributed by atoms with Gasteiger partial charge in [0.1, 0.15) is 0 Å². The van der Waals surface area contributed by atoms with E-state index >= 15 is 0 Å². The molecule has 106 valence electrons. The first-order valence-electron chi connectivity index (χ1n) is 6.39. The van der Waals surface area contributed by atoms with Crippen molar-refractivity contribution in [3.63, 3.8) is 0 Å². The van der Waals surface area contributed by atoms with Crippen LogP contribution in [0.15, 0.2) is 0 Å². The lowest BCUT2D eigenvalue weighted by Gasteiger charge is -2.29. The molecule has 0 aromatic carbocycles. The molecule has 0 aromatic heterocycles. The minimum Gasteiger partial charge on any atom is -0.337 e. The van der Waals surface area contributed by atoms with Crippen molar-refractivity contribution in [1.82, 2.24) is 10.2 Å². The van der Waals surface area contributed by atoms with Gasteiger partial charge in [0.25, 0.3) is 0 Å². The van der Waals surface area contributed by atoms with Gasteiger partial charge in [-0.15, -0.1) is 0 Å². The van der Waals surface area contributed by atoms with Gasteiger partial charge in [-0.3, -0.25) is 0 Å². The lowest BCUT2D eigenvalue weighted by atomic mass is 9.97. The second kappa shape index (κ2) is 5.47. The fraction of sp³-hybridized carbons (Fsp3) is 0.917. The van der Waals surface area contributed by atoms with E-state index in [1.165, 1.54) is 0 Å². The van der Waals surface area contributed by atoms with E-state index in [0.717, 1.165) is 0 Å². The molecule has 0 aromatic rings. The number of amides is 2. The predicted molar refractivity (Wildman–Crippen MR) is 72.3 cm³/mol. The second-order valence-electron chi connectivity index (χ2n) is 6.06. The molecule has 1 fully saturated rings. The maximum Gasteiger partial charge on any atom is 0.317 e. The van der Waals surface area contributed by atoms with Crippen LogP contribution in [0.25, 0.3) is 0 Å². The van der Waals surface area contributed by atoms with Crippen molar-refractivity contribution in [2.45, 2.75) is 40.2 Å². The molecule has 5 nitrogen and oxygen atoms in total. The lowest BCUT2D eigenvalue weighted by molar-refractivity contribution is 0.179. The Hall–Kier alpha value is -0.780. The van der Waals surface area contributed by atoms with Crippen LogP contribution in [0.4, 0.5) is 4.79 Å². The molecule has 0 aliphatic carbocycles. The summed E-state index contributed by atoms with van der Waals surface area (Å²) >= 11 is 0. The van der Waals surface area contributed by atoms with Crippen molar-refractivity contribution in [1.29, 1.82) is 0 Å². The summed E-state index contributed by atoms with van der Waals surface area (Å²) in [5, 5.41) is 2.87. The van der Waals surface area contributed by atoms with Gasteiger partial charge in [-0.25, -0.2) is 13.2 Å². The molecule has 1 aliphatic heterocycles. The molecule has 1 atom stereocenters. The zero-order valence-electron chi connectivity index (χ0n) is 11.7. The second-order valence-corrected chi connectivity index (χ2v) is 8.29. The molecule has 1 N–H and O–H groups in total. The van der Waals surface area contributed by atoms with Crippen LogP contribution in [-0.2, 0) is 9.84 Å². The van der Waals surface area contributed by atoms with Gasteiger partial charge in [-0.2, -0.15) is 0 Å². The Balaban J connectivity index is 2.59. The van der Waals surface area contributed by atoms with E-state index in [9.17, 15) is 13.2 Å². The topological polar surface area (TPSA) is 66.5 Å². The highest BCUT2D eigenvalue weighted by Crippen LogP contribution is 2.18. The van der Waals surface area contributed by atoms with Gasteiger partial charge in [-0.1, -0.05) is 20.8 Å². The van der Waals surface area contributed by atoms with Crippen molar-refractivity contribution < 1.29 is 13.2 Å². The van der Waals surface area contributed by atoms with Gasteiger partial charge in [0.05, 0.1) is 11.5 Å². The number of nitrogens with zero attached hydrogens (tertiary/aromatic N) is 1. The standard InChI is InChI=1S/C12H24N2O3S/c1-5-14(10-6-7-18(16,17)8-10)11(15)13-9-12(2,3)4/h10H,5-9H2,1-4H3,(H,13,15). The highest BCUT2D eigenvalue weighted by molar-refractivity contribution is 7.91. The Morgan fingerprint density at radius 3 is 2.39 bits per heavy atom. The van der Waals surface area contributed by atoms with Crippen molar-refractivity contribution in [2.75, 3.05) is 24.6 Å². The van der Waals surface area contributed by atoms with Gasteiger partial charge >= 0.3 is 6.03 Å². The summed E-state index contributed by atoms with van der Waals surface area (Å²) in [6.45, 7) is 9.14. The van der Waals surface area contributed by atoms with E-state index in [2.05, 4.69) is 5.32 Å². The molecule has 18 heavy (non-hydrogen) atoms. The summed E-state index contributed by atoms with van der Waals surface area (Å²) in [5.41, 5.74) is 0.0246. The van der Waals surface area contributed by atoms with E-state index in [-0.39, 0.29) is 29.0 Å². The third kappa shape index (κ3) is 4.48. The van der Waals surface area contributed by atoms with Gasteiger partial charge in [0.15, 0.2) is 9.84 Å². The van der Waals surface area contributed by atoms with Crippen molar-refractivity contribution in [3.05, 3.63) is 0 Å². The minimum absolute atomic E-state index is 0.0246. The first-order valence-corrected chi connectivity index (χ1v) is 8.21. The number of carbonyl (C=O) groups excluding carboxylic acids is 1. The summed E-state index contributed by atoms with van der Waals surface area (Å²) in [6.07, 6.45) is 0.555. The fourth-order valence-electron chi connectivity index (χ4n) is 2.03. The molecule has 1 rings (SSSR count). The van der Waals surface area contributed by atoms with Gasteiger partial charge < -0.3 is 10.2 Å². The molecule has 0 spiro atoms. The average Bonchev–Trinajstić information content (AvgIpc) is 2.56. The highest BCUT2D eigenvalue weighted by atomic mass is 32.2. The zero-order valence-corrected chi connectivity index (χ0v) is 12.5. The SMILES string of the molecule is CCN(C(=O)NCC(C)(C)C)C1CCS(=O)(=O)C1. The van der Waals surface area contributed by atoms with E-state index in [1.54, 1.807) is 4.90 Å². The third-order valence-corrected chi connectivity index (χ3v) is 4.77. The monoisotopic (exact) mass is 276 g/mol. The van der Waals surface area contributed by atoms with Gasteiger partial charge in [0, 0.05) is 19.1 Å². The first-order chi connectivity index (χ1) is 8.14. The van der Waals surface area contributed by atoms with E-state index < -0.39 is 9.84 Å². The Labute approximate surface area is 110 Å². The number of nitrogens with one attached hydrogen (secondary N) is 1. The lowest BCUT2D eigenvalue weighted by Crippen LogP contribution is -2.48. The largest absolute Gasteiger partial charge is 0.337 e. The summed E-state index contributed by atoms with van der Waals surface area (Å²) in [7, 11) is -2.95. The summed E-state index contributed by atoms with van der Waals surface area (Å²) in [6, 6.07) is -0.325. The Morgan fingerprint density at radius 2 is 2.00 bits per heavy atom. The number of hydrogen-bond donors (Lipinski definition) is 1. The van der Waals surface area contributed by atoms with Crippen LogP contribution >= 0.6 is 0 Å². The minimum atomic E-state index is -2.95. The maximum atomic E-state index is 12.0. The quantitative estimate of drug-likeness (QED) is 0.843. The molecule has 1 saturated heterocycles. The van der Waals surface area contributed by atoms with Crippen LogP contribution in [0.3, 0.4) is 0 Å². The molecular formula is C12H24N2O3S. The average molecular weight is 276 g/mol. The Kier molecular flexibility index (Phi) is 4.64. The number of rotatable bonds is 3. The molecule has 1 aliphatic rings. The van der Waals surface area contributed by atoms with E-state index in [0.29, 0.717) is 19.5 Å². The van der Waals surface area contributed by atoms with Crippen LogP contribution in [0.2, 0.25) is 0 Å². The molecule has 6 heteroatoms. The summed E-state index contributed by atoms with van der Waals surface area (Å²) in [5.74, 6) is 0.296. The van der Waals surface area contributed by atoms with Crippen LogP contribution < -0.4 is 5.32 Å². The molecular weight excluding hydrogens is 252 g/mol. The smallest absolute Gasteiger partial charge is 0.317 e. The number of carbonyl (C=O) groups is 1. The number of sulfone groups is 1. The summed E-state index contributed by atoms with van der Waals surface area (Å²) < 4.78 is 22.9. The zero-order chi connectivity index (χ0) is 14.0. The van der Waals surface area contributed by atoms with Crippen molar-refractivity contribution in [3.8, 4) is 0 Å². The molecule has 1 heterocycles. The van der Waals surface area contributed by atoms with E-state index in [1.807, 2.05) is 27.7 Å². The van der Waals surface area contributed by atoms with Crippen LogP contribution in [0, 0.1) is 5.41 Å². The third-order valence-electron chi connectivity index (χ3n) is 3.02. The molecule has 0 saturated carbocycles. The van der Waals surface area contributed by atoms with Gasteiger partial charge in [0.2, 0.25) is 0 Å².